The molecule has 0 amide bonds. The topological polar surface area (TPSA) is 32.3 Å². The maximum Gasteiger partial charge on any atom is 0.0681 e. The Hall–Kier alpha value is -1.64. The molecule has 2 heteroatoms. The molecule has 0 saturated carbocycles. The third kappa shape index (κ3) is 4.42. The Balaban J connectivity index is 1.97. The van der Waals surface area contributed by atoms with Crippen LogP contribution in [0.15, 0.2) is 48.5 Å². The Morgan fingerprint density at radius 2 is 1.43 bits per heavy atom. The van der Waals surface area contributed by atoms with Crippen molar-refractivity contribution in [3.63, 3.8) is 0 Å². The van der Waals surface area contributed by atoms with Crippen molar-refractivity contribution in [2.45, 2.75) is 45.9 Å². The summed E-state index contributed by atoms with van der Waals surface area (Å²) in [5.41, 5.74) is 4.94. The fourth-order valence-electron chi connectivity index (χ4n) is 2.49. The summed E-state index contributed by atoms with van der Waals surface area (Å²) in [6, 6.07) is 17.4. The Kier molecular flexibility index (Phi) is 5.97. The van der Waals surface area contributed by atoms with Gasteiger partial charge in [-0.25, -0.2) is 0 Å². The van der Waals surface area contributed by atoms with Crippen molar-refractivity contribution < 1.29 is 5.11 Å². The highest BCUT2D eigenvalue weighted by atomic mass is 16.3. The van der Waals surface area contributed by atoms with E-state index in [1.165, 1.54) is 16.7 Å². The Bertz CT molecular complexity index is 530. The zero-order valence-electron chi connectivity index (χ0n) is 13.0. The van der Waals surface area contributed by atoms with E-state index in [-0.39, 0.29) is 6.61 Å². The van der Waals surface area contributed by atoms with Crippen LogP contribution in [-0.2, 0) is 19.6 Å². The van der Waals surface area contributed by atoms with Crippen LogP contribution in [0.2, 0.25) is 0 Å². The highest BCUT2D eigenvalue weighted by Crippen LogP contribution is 2.18. The number of benzene rings is 2. The van der Waals surface area contributed by atoms with Gasteiger partial charge in [-0.1, -0.05) is 62.4 Å². The molecule has 0 fully saturated rings. The lowest BCUT2D eigenvalue weighted by molar-refractivity contribution is 0.282. The lowest BCUT2D eigenvalue weighted by Gasteiger charge is -2.18. The predicted octanol–water partition coefficient (Wildman–Crippen LogP) is 3.98. The van der Waals surface area contributed by atoms with E-state index in [4.69, 9.17) is 5.11 Å². The summed E-state index contributed by atoms with van der Waals surface area (Å²) in [7, 11) is 0. The summed E-state index contributed by atoms with van der Waals surface area (Å²) in [6.45, 7) is 5.34. The van der Waals surface area contributed by atoms with Gasteiger partial charge in [-0.05, 0) is 35.1 Å². The van der Waals surface area contributed by atoms with Crippen LogP contribution < -0.4 is 5.32 Å². The molecule has 1 unspecified atom stereocenters. The van der Waals surface area contributed by atoms with E-state index >= 15 is 0 Å². The summed E-state index contributed by atoms with van der Waals surface area (Å²) in [5.74, 6) is 0. The SMILES string of the molecule is CCc1ccc(C(CC)NCc2ccc(CO)cc2)cc1. The van der Waals surface area contributed by atoms with Crippen LogP contribution in [0.5, 0.6) is 0 Å². The molecule has 0 aromatic heterocycles. The van der Waals surface area contributed by atoms with Gasteiger partial charge in [-0.3, -0.25) is 0 Å². The van der Waals surface area contributed by atoms with Crippen LogP contribution in [0.3, 0.4) is 0 Å². The maximum atomic E-state index is 9.06. The van der Waals surface area contributed by atoms with Gasteiger partial charge in [-0.2, -0.15) is 0 Å². The average molecular weight is 283 g/mol. The van der Waals surface area contributed by atoms with Gasteiger partial charge in [0.2, 0.25) is 0 Å². The van der Waals surface area contributed by atoms with Crippen LogP contribution >= 0.6 is 0 Å². The summed E-state index contributed by atoms with van der Waals surface area (Å²) in [4.78, 5) is 0. The van der Waals surface area contributed by atoms with Crippen molar-refractivity contribution in [2.75, 3.05) is 0 Å². The van der Waals surface area contributed by atoms with Gasteiger partial charge in [0.15, 0.2) is 0 Å². The van der Waals surface area contributed by atoms with Gasteiger partial charge in [0, 0.05) is 12.6 Å². The minimum absolute atomic E-state index is 0.106. The molecule has 0 radical (unpaired) electrons. The molecule has 2 nitrogen and oxygen atoms in total. The molecule has 21 heavy (non-hydrogen) atoms. The van der Waals surface area contributed by atoms with Crippen molar-refractivity contribution in [3.8, 4) is 0 Å². The third-order valence-electron chi connectivity index (χ3n) is 3.96. The van der Waals surface area contributed by atoms with Gasteiger partial charge in [0.1, 0.15) is 0 Å². The number of hydrogen-bond acceptors (Lipinski definition) is 2. The van der Waals surface area contributed by atoms with Gasteiger partial charge < -0.3 is 10.4 Å². The van der Waals surface area contributed by atoms with E-state index in [0.29, 0.717) is 6.04 Å². The van der Waals surface area contributed by atoms with Crippen LogP contribution in [0, 0.1) is 0 Å². The fourth-order valence-corrected chi connectivity index (χ4v) is 2.49. The quantitative estimate of drug-likeness (QED) is 0.805. The molecular weight excluding hydrogens is 258 g/mol. The standard InChI is InChI=1S/C19H25NO/c1-3-15-9-11-18(12-10-15)19(4-2)20-13-16-5-7-17(14-21)8-6-16/h5-12,19-21H,3-4,13-14H2,1-2H3. The van der Waals surface area contributed by atoms with Crippen molar-refractivity contribution >= 4 is 0 Å². The van der Waals surface area contributed by atoms with Crippen LogP contribution in [-0.4, -0.2) is 5.11 Å². The van der Waals surface area contributed by atoms with Crippen LogP contribution in [0.25, 0.3) is 0 Å². The molecule has 0 aliphatic heterocycles. The van der Waals surface area contributed by atoms with E-state index in [9.17, 15) is 0 Å². The summed E-state index contributed by atoms with van der Waals surface area (Å²) in [6.07, 6.45) is 2.15. The number of hydrogen-bond donors (Lipinski definition) is 2. The summed E-state index contributed by atoms with van der Waals surface area (Å²) >= 11 is 0. The van der Waals surface area contributed by atoms with Gasteiger partial charge >= 0.3 is 0 Å². The first kappa shape index (κ1) is 15.7. The molecule has 2 rings (SSSR count). The molecule has 2 N–H and O–H groups in total. The molecule has 2 aromatic rings. The Morgan fingerprint density at radius 1 is 0.857 bits per heavy atom. The first-order valence-electron chi connectivity index (χ1n) is 7.77. The molecule has 0 bridgehead atoms. The minimum atomic E-state index is 0.106. The first-order valence-corrected chi connectivity index (χ1v) is 7.77. The van der Waals surface area contributed by atoms with Crippen molar-refractivity contribution in [1.29, 1.82) is 0 Å². The molecule has 0 aliphatic rings. The van der Waals surface area contributed by atoms with Gasteiger partial charge in [0.25, 0.3) is 0 Å². The maximum absolute atomic E-state index is 9.06. The number of aliphatic hydroxyl groups excluding tert-OH is 1. The fraction of sp³-hybridized carbons (Fsp3) is 0.368. The molecule has 2 aromatic carbocycles. The van der Waals surface area contributed by atoms with E-state index in [1.54, 1.807) is 0 Å². The zero-order chi connectivity index (χ0) is 15.1. The first-order chi connectivity index (χ1) is 10.3. The number of aryl methyl sites for hydroxylation is 1. The largest absolute Gasteiger partial charge is 0.392 e. The zero-order valence-corrected chi connectivity index (χ0v) is 13.0. The minimum Gasteiger partial charge on any atom is -0.392 e. The predicted molar refractivity (Wildman–Crippen MR) is 88.1 cm³/mol. The van der Waals surface area contributed by atoms with E-state index in [0.717, 1.165) is 24.9 Å². The second kappa shape index (κ2) is 7.96. The van der Waals surface area contributed by atoms with Crippen LogP contribution in [0.1, 0.15) is 48.6 Å². The van der Waals surface area contributed by atoms with E-state index in [2.05, 4.69) is 55.6 Å². The second-order valence-corrected chi connectivity index (χ2v) is 5.41. The highest BCUT2D eigenvalue weighted by Gasteiger charge is 2.08. The van der Waals surface area contributed by atoms with Crippen molar-refractivity contribution in [2.24, 2.45) is 0 Å². The molecule has 0 aliphatic carbocycles. The van der Waals surface area contributed by atoms with Gasteiger partial charge in [0.05, 0.1) is 6.61 Å². The summed E-state index contributed by atoms with van der Waals surface area (Å²) in [5, 5.41) is 12.7. The molecule has 0 spiro atoms. The average Bonchev–Trinajstić information content (AvgIpc) is 2.56. The smallest absolute Gasteiger partial charge is 0.0681 e. The number of nitrogens with one attached hydrogen (secondary N) is 1. The lowest BCUT2D eigenvalue weighted by Crippen LogP contribution is -2.20. The van der Waals surface area contributed by atoms with Crippen molar-refractivity contribution in [3.05, 3.63) is 70.8 Å². The Morgan fingerprint density at radius 3 is 1.95 bits per heavy atom. The molecule has 0 heterocycles. The second-order valence-electron chi connectivity index (χ2n) is 5.41. The molecular formula is C19H25NO. The summed E-state index contributed by atoms with van der Waals surface area (Å²) < 4.78 is 0. The third-order valence-corrected chi connectivity index (χ3v) is 3.96. The molecule has 0 saturated heterocycles. The molecule has 1 atom stereocenters. The lowest BCUT2D eigenvalue weighted by atomic mass is 10.0. The number of rotatable bonds is 7. The highest BCUT2D eigenvalue weighted by molar-refractivity contribution is 5.26. The Labute approximate surface area is 127 Å². The van der Waals surface area contributed by atoms with E-state index in [1.807, 2.05) is 12.1 Å². The molecule has 112 valence electrons. The van der Waals surface area contributed by atoms with E-state index < -0.39 is 0 Å². The monoisotopic (exact) mass is 283 g/mol. The van der Waals surface area contributed by atoms with Gasteiger partial charge in [-0.15, -0.1) is 0 Å². The normalized spacial score (nSPS) is 12.3. The van der Waals surface area contributed by atoms with Crippen LogP contribution in [0.4, 0.5) is 0 Å². The van der Waals surface area contributed by atoms with Crippen molar-refractivity contribution in [1.82, 2.24) is 5.32 Å². The number of aliphatic hydroxyl groups is 1.